The van der Waals surface area contributed by atoms with Crippen molar-refractivity contribution < 1.29 is 5.11 Å². The van der Waals surface area contributed by atoms with E-state index in [-0.39, 0.29) is 11.5 Å². The molecule has 0 saturated heterocycles. The number of rotatable bonds is 5. The zero-order valence-electron chi connectivity index (χ0n) is 21.1. The standard InChI is InChI=1S/C29H50O/c1-19(2)9-8-10-20(3)22-12-13-23-21-11-14-25-27(4,5)26(30)16-18-29(25,7)24(21)15-17-28(22,23)6/h13,19-22,24-26,30H,8-12,14-18H2,1-7H3/t20-,21+,22-,24+,25?,26?,28-,29-/m1/s1. The topological polar surface area (TPSA) is 20.2 Å². The highest BCUT2D eigenvalue weighted by Crippen LogP contribution is 2.69. The van der Waals surface area contributed by atoms with Crippen LogP contribution in [0.3, 0.4) is 0 Å². The van der Waals surface area contributed by atoms with Gasteiger partial charge in [-0.25, -0.2) is 0 Å². The zero-order chi connectivity index (χ0) is 21.9. The highest BCUT2D eigenvalue weighted by atomic mass is 16.3. The molecule has 0 aromatic rings. The van der Waals surface area contributed by atoms with Crippen molar-refractivity contribution in [1.29, 1.82) is 0 Å². The second kappa shape index (κ2) is 7.93. The molecule has 8 atom stereocenters. The molecule has 0 aliphatic heterocycles. The van der Waals surface area contributed by atoms with Crippen molar-refractivity contribution in [1.82, 2.24) is 0 Å². The third-order valence-corrected chi connectivity index (χ3v) is 11.2. The molecule has 172 valence electrons. The number of aliphatic hydroxyl groups excluding tert-OH is 1. The molecule has 0 radical (unpaired) electrons. The summed E-state index contributed by atoms with van der Waals surface area (Å²) in [6.45, 7) is 17.3. The summed E-state index contributed by atoms with van der Waals surface area (Å²) in [6, 6.07) is 0. The Bertz CT molecular complexity index is 659. The van der Waals surface area contributed by atoms with Crippen LogP contribution in [0.2, 0.25) is 0 Å². The van der Waals surface area contributed by atoms with Gasteiger partial charge in [-0.1, -0.05) is 79.4 Å². The minimum atomic E-state index is -0.109. The van der Waals surface area contributed by atoms with Crippen LogP contribution in [-0.4, -0.2) is 11.2 Å². The molecule has 1 heteroatoms. The molecule has 4 aliphatic rings. The maximum Gasteiger partial charge on any atom is 0.0594 e. The van der Waals surface area contributed by atoms with Crippen LogP contribution in [0.4, 0.5) is 0 Å². The zero-order valence-corrected chi connectivity index (χ0v) is 21.1. The summed E-state index contributed by atoms with van der Waals surface area (Å²) in [6.07, 6.45) is 15.9. The number of hydrogen-bond donors (Lipinski definition) is 1. The van der Waals surface area contributed by atoms with Gasteiger partial charge in [-0.15, -0.1) is 0 Å². The van der Waals surface area contributed by atoms with Crippen molar-refractivity contribution >= 4 is 0 Å². The van der Waals surface area contributed by atoms with Gasteiger partial charge in [0.2, 0.25) is 0 Å². The van der Waals surface area contributed by atoms with Gasteiger partial charge in [0, 0.05) is 0 Å². The molecule has 0 aromatic heterocycles. The van der Waals surface area contributed by atoms with Gasteiger partial charge >= 0.3 is 0 Å². The van der Waals surface area contributed by atoms with E-state index in [9.17, 15) is 5.11 Å². The van der Waals surface area contributed by atoms with E-state index >= 15 is 0 Å². The van der Waals surface area contributed by atoms with Crippen LogP contribution in [0, 0.1) is 51.8 Å². The molecule has 1 N–H and O–H groups in total. The summed E-state index contributed by atoms with van der Waals surface area (Å²) in [7, 11) is 0. The Labute approximate surface area is 187 Å². The predicted octanol–water partition coefficient (Wildman–Crippen LogP) is 8.02. The van der Waals surface area contributed by atoms with Crippen LogP contribution in [0.15, 0.2) is 11.6 Å². The lowest BCUT2D eigenvalue weighted by molar-refractivity contribution is -0.156. The molecular weight excluding hydrogens is 364 g/mol. The van der Waals surface area contributed by atoms with Gasteiger partial charge in [-0.2, -0.15) is 0 Å². The molecule has 4 aliphatic carbocycles. The summed E-state index contributed by atoms with van der Waals surface area (Å²) in [5.74, 6) is 4.92. The fraction of sp³-hybridized carbons (Fsp3) is 0.931. The lowest BCUT2D eigenvalue weighted by Crippen LogP contribution is -2.58. The van der Waals surface area contributed by atoms with E-state index in [0.29, 0.717) is 16.7 Å². The fourth-order valence-electron chi connectivity index (χ4n) is 9.36. The molecule has 0 spiro atoms. The Morgan fingerprint density at radius 1 is 0.967 bits per heavy atom. The van der Waals surface area contributed by atoms with Crippen LogP contribution in [0.1, 0.15) is 113 Å². The maximum absolute atomic E-state index is 10.8. The van der Waals surface area contributed by atoms with Crippen molar-refractivity contribution in [3.63, 3.8) is 0 Å². The first-order chi connectivity index (χ1) is 14.0. The van der Waals surface area contributed by atoms with Crippen LogP contribution in [0.25, 0.3) is 0 Å². The molecule has 3 saturated carbocycles. The summed E-state index contributed by atoms with van der Waals surface area (Å²) < 4.78 is 0. The molecule has 3 fully saturated rings. The van der Waals surface area contributed by atoms with E-state index < -0.39 is 0 Å². The highest BCUT2D eigenvalue weighted by Gasteiger charge is 2.61. The van der Waals surface area contributed by atoms with E-state index in [0.717, 1.165) is 36.0 Å². The van der Waals surface area contributed by atoms with Gasteiger partial charge < -0.3 is 5.11 Å². The van der Waals surface area contributed by atoms with Crippen molar-refractivity contribution in [2.75, 3.05) is 0 Å². The summed E-state index contributed by atoms with van der Waals surface area (Å²) in [5, 5.41) is 10.8. The number of fused-ring (bicyclic) bond motifs is 5. The maximum atomic E-state index is 10.8. The van der Waals surface area contributed by atoms with E-state index in [1.54, 1.807) is 0 Å². The molecule has 30 heavy (non-hydrogen) atoms. The Balaban J connectivity index is 1.51. The largest absolute Gasteiger partial charge is 0.393 e. The van der Waals surface area contributed by atoms with Gasteiger partial charge in [0.05, 0.1) is 6.10 Å². The van der Waals surface area contributed by atoms with Crippen molar-refractivity contribution in [3.05, 3.63) is 11.6 Å². The molecular formula is C29H50O. The van der Waals surface area contributed by atoms with Crippen molar-refractivity contribution in [2.24, 2.45) is 51.8 Å². The highest BCUT2D eigenvalue weighted by molar-refractivity contribution is 5.30. The summed E-state index contributed by atoms with van der Waals surface area (Å²) >= 11 is 0. The van der Waals surface area contributed by atoms with Crippen LogP contribution in [0.5, 0.6) is 0 Å². The number of hydrogen-bond acceptors (Lipinski definition) is 1. The van der Waals surface area contributed by atoms with Crippen molar-refractivity contribution in [3.8, 4) is 0 Å². The average molecular weight is 415 g/mol. The molecule has 1 nitrogen and oxygen atoms in total. The summed E-state index contributed by atoms with van der Waals surface area (Å²) in [5.41, 5.74) is 2.85. The molecule has 2 unspecified atom stereocenters. The third kappa shape index (κ3) is 3.45. The van der Waals surface area contributed by atoms with E-state index in [1.807, 2.05) is 5.57 Å². The monoisotopic (exact) mass is 414 g/mol. The van der Waals surface area contributed by atoms with Gasteiger partial charge in [-0.3, -0.25) is 0 Å². The van der Waals surface area contributed by atoms with Gasteiger partial charge in [-0.05, 0) is 96.7 Å². The van der Waals surface area contributed by atoms with Crippen molar-refractivity contribution in [2.45, 2.75) is 119 Å². The minimum Gasteiger partial charge on any atom is -0.393 e. The predicted molar refractivity (Wildman–Crippen MR) is 128 cm³/mol. The van der Waals surface area contributed by atoms with E-state index in [4.69, 9.17) is 0 Å². The van der Waals surface area contributed by atoms with Gasteiger partial charge in [0.1, 0.15) is 0 Å². The van der Waals surface area contributed by atoms with E-state index in [2.05, 4.69) is 54.5 Å². The smallest absolute Gasteiger partial charge is 0.0594 e. The van der Waals surface area contributed by atoms with Gasteiger partial charge in [0.15, 0.2) is 0 Å². The van der Waals surface area contributed by atoms with E-state index in [1.165, 1.54) is 57.8 Å². The summed E-state index contributed by atoms with van der Waals surface area (Å²) in [4.78, 5) is 0. The second-order valence-electron chi connectivity index (χ2n) is 13.5. The Morgan fingerprint density at radius 2 is 1.70 bits per heavy atom. The fourth-order valence-corrected chi connectivity index (χ4v) is 9.36. The molecule has 0 amide bonds. The average Bonchev–Trinajstić information content (AvgIpc) is 3.02. The molecule has 0 aromatic carbocycles. The first kappa shape index (κ1) is 22.9. The second-order valence-corrected chi connectivity index (χ2v) is 13.5. The lowest BCUT2D eigenvalue weighted by Gasteiger charge is -2.63. The Morgan fingerprint density at radius 3 is 2.40 bits per heavy atom. The SMILES string of the molecule is CC(C)CCC[C@@H](C)[C@H]1CC=C2[C@@H]3CCC4C(C)(C)C(O)CC[C@]4(C)[C@H]3CC[C@@]21C. The minimum absolute atomic E-state index is 0.0796. The number of aliphatic hydroxyl groups is 1. The molecule has 4 rings (SSSR count). The first-order valence-corrected chi connectivity index (χ1v) is 13.4. The first-order valence-electron chi connectivity index (χ1n) is 13.4. The number of allylic oxidation sites excluding steroid dienone is 2. The van der Waals surface area contributed by atoms with Crippen LogP contribution >= 0.6 is 0 Å². The quantitative estimate of drug-likeness (QED) is 0.451. The Kier molecular flexibility index (Phi) is 6.05. The van der Waals surface area contributed by atoms with Crippen LogP contribution in [-0.2, 0) is 0 Å². The Hall–Kier alpha value is -0.300. The van der Waals surface area contributed by atoms with Crippen LogP contribution < -0.4 is 0 Å². The third-order valence-electron chi connectivity index (χ3n) is 11.2. The molecule has 0 bridgehead atoms. The normalized spacial score (nSPS) is 46.0. The molecule has 0 heterocycles. The lowest BCUT2D eigenvalue weighted by atomic mass is 9.41. The van der Waals surface area contributed by atoms with Gasteiger partial charge in [0.25, 0.3) is 0 Å².